The summed E-state index contributed by atoms with van der Waals surface area (Å²) in [6.45, 7) is 2.58. The number of nitrogens with zero attached hydrogens (tertiary/aromatic N) is 1. The van der Waals surface area contributed by atoms with Crippen LogP contribution in [-0.4, -0.2) is 4.31 Å². The van der Waals surface area contributed by atoms with E-state index in [0.717, 1.165) is 10.2 Å². The van der Waals surface area contributed by atoms with Gasteiger partial charge in [-0.05, 0) is 48.7 Å². The standard InChI is InChI=1S/C18H15BrFNS/c1-13-7-10-18(14-5-3-2-4-6-14)22-21(13)12-15-8-9-16(19)11-17(15)20/h2-11H,12H2,1H3. The Balaban J connectivity index is 1.81. The first-order chi connectivity index (χ1) is 10.6. The molecule has 22 heavy (non-hydrogen) atoms. The number of rotatable bonds is 3. The minimum absolute atomic E-state index is 0.182. The Hall–Kier alpha value is -1.52. The molecule has 0 saturated heterocycles. The van der Waals surface area contributed by atoms with Crippen LogP contribution in [0, 0.1) is 5.82 Å². The van der Waals surface area contributed by atoms with Gasteiger partial charge in [0.15, 0.2) is 0 Å². The van der Waals surface area contributed by atoms with Crippen LogP contribution in [0.15, 0.2) is 70.9 Å². The lowest BCUT2D eigenvalue weighted by atomic mass is 10.2. The minimum atomic E-state index is -0.182. The lowest BCUT2D eigenvalue weighted by Crippen LogP contribution is -2.16. The molecule has 1 heterocycles. The van der Waals surface area contributed by atoms with E-state index in [9.17, 15) is 4.39 Å². The molecule has 1 aliphatic heterocycles. The fraction of sp³-hybridized carbons (Fsp3) is 0.111. The molecular weight excluding hydrogens is 361 g/mol. The van der Waals surface area contributed by atoms with E-state index < -0.39 is 0 Å². The van der Waals surface area contributed by atoms with Gasteiger partial charge in [0, 0.05) is 20.6 Å². The molecule has 1 nitrogen and oxygen atoms in total. The Morgan fingerprint density at radius 2 is 1.86 bits per heavy atom. The number of benzene rings is 2. The summed E-state index contributed by atoms with van der Waals surface area (Å²) in [4.78, 5) is 1.17. The maximum absolute atomic E-state index is 14.1. The van der Waals surface area contributed by atoms with Crippen LogP contribution in [0.25, 0.3) is 4.91 Å². The monoisotopic (exact) mass is 375 g/mol. The maximum Gasteiger partial charge on any atom is 0.129 e. The number of hydrogen-bond donors (Lipinski definition) is 0. The molecule has 0 aliphatic carbocycles. The van der Waals surface area contributed by atoms with E-state index in [2.05, 4.69) is 44.5 Å². The van der Waals surface area contributed by atoms with Gasteiger partial charge >= 0.3 is 0 Å². The fourth-order valence-electron chi connectivity index (χ4n) is 2.21. The normalized spacial score (nSPS) is 14.6. The van der Waals surface area contributed by atoms with Gasteiger partial charge in [0.05, 0.1) is 6.54 Å². The van der Waals surface area contributed by atoms with Crippen LogP contribution in [0.4, 0.5) is 4.39 Å². The molecule has 0 unspecified atom stereocenters. The summed E-state index contributed by atoms with van der Waals surface area (Å²) in [7, 11) is 0. The molecular formula is C18H15BrFNS. The van der Waals surface area contributed by atoms with Gasteiger partial charge < -0.3 is 4.31 Å². The van der Waals surface area contributed by atoms with Crippen molar-refractivity contribution in [2.45, 2.75) is 13.5 Å². The number of halogens is 2. The zero-order valence-corrected chi connectivity index (χ0v) is 14.5. The van der Waals surface area contributed by atoms with Gasteiger partial charge in [0.25, 0.3) is 0 Å². The second kappa shape index (κ2) is 6.71. The van der Waals surface area contributed by atoms with Crippen molar-refractivity contribution in [1.29, 1.82) is 0 Å². The van der Waals surface area contributed by atoms with Crippen LogP contribution in [0.1, 0.15) is 18.1 Å². The van der Waals surface area contributed by atoms with Gasteiger partial charge in [-0.2, -0.15) is 0 Å². The molecule has 1 aliphatic rings. The Labute approximate surface area is 142 Å². The second-order valence-corrected chi connectivity index (χ2v) is 7.05. The van der Waals surface area contributed by atoms with Crippen LogP contribution in [0.2, 0.25) is 0 Å². The SMILES string of the molecule is CC1=CC=C(c2ccccc2)SN1Cc1ccc(Br)cc1F. The average molecular weight is 376 g/mol. The van der Waals surface area contributed by atoms with Crippen molar-refractivity contribution in [2.75, 3.05) is 0 Å². The largest absolute Gasteiger partial charge is 0.312 e. The Bertz CT molecular complexity index is 740. The summed E-state index contributed by atoms with van der Waals surface area (Å²) in [6.07, 6.45) is 4.19. The Kier molecular flexibility index (Phi) is 4.69. The summed E-state index contributed by atoms with van der Waals surface area (Å²) in [6, 6.07) is 15.5. The van der Waals surface area contributed by atoms with E-state index in [1.165, 1.54) is 16.5 Å². The van der Waals surface area contributed by atoms with E-state index in [4.69, 9.17) is 0 Å². The fourth-order valence-corrected chi connectivity index (χ4v) is 3.56. The van der Waals surface area contributed by atoms with E-state index in [1.807, 2.05) is 37.3 Å². The average Bonchev–Trinajstić information content (AvgIpc) is 2.53. The third-order valence-corrected chi connectivity index (χ3v) is 5.16. The van der Waals surface area contributed by atoms with Gasteiger partial charge in [0.1, 0.15) is 5.82 Å². The molecule has 2 aromatic rings. The molecule has 0 spiro atoms. The van der Waals surface area contributed by atoms with E-state index >= 15 is 0 Å². The first kappa shape index (κ1) is 15.4. The highest BCUT2D eigenvalue weighted by molar-refractivity contribution is 9.10. The molecule has 0 amide bonds. The molecule has 3 rings (SSSR count). The second-order valence-electron chi connectivity index (χ2n) is 5.07. The van der Waals surface area contributed by atoms with Crippen molar-refractivity contribution in [3.63, 3.8) is 0 Å². The summed E-state index contributed by atoms with van der Waals surface area (Å²) >= 11 is 4.94. The first-order valence-electron chi connectivity index (χ1n) is 6.97. The highest BCUT2D eigenvalue weighted by atomic mass is 79.9. The highest BCUT2D eigenvalue weighted by Gasteiger charge is 2.17. The highest BCUT2D eigenvalue weighted by Crippen LogP contribution is 2.37. The minimum Gasteiger partial charge on any atom is -0.312 e. The van der Waals surface area contributed by atoms with E-state index in [0.29, 0.717) is 12.1 Å². The quantitative estimate of drug-likeness (QED) is 0.605. The van der Waals surface area contributed by atoms with E-state index in [-0.39, 0.29) is 5.82 Å². The third kappa shape index (κ3) is 3.45. The molecule has 2 aromatic carbocycles. The Morgan fingerprint density at radius 1 is 1.09 bits per heavy atom. The predicted octanol–water partition coefficient (Wildman–Crippen LogP) is 6.00. The predicted molar refractivity (Wildman–Crippen MR) is 95.4 cm³/mol. The summed E-state index contributed by atoms with van der Waals surface area (Å²) in [5.41, 5.74) is 2.99. The van der Waals surface area contributed by atoms with Gasteiger partial charge in [-0.1, -0.05) is 52.3 Å². The van der Waals surface area contributed by atoms with Crippen LogP contribution in [-0.2, 0) is 6.54 Å². The molecule has 0 fully saturated rings. The van der Waals surface area contributed by atoms with Gasteiger partial charge in [-0.15, -0.1) is 0 Å². The van der Waals surface area contributed by atoms with Crippen LogP contribution in [0.5, 0.6) is 0 Å². The number of hydrogen-bond acceptors (Lipinski definition) is 2. The summed E-state index contributed by atoms with van der Waals surface area (Å²) < 4.78 is 16.9. The van der Waals surface area contributed by atoms with Crippen LogP contribution >= 0.6 is 27.9 Å². The van der Waals surface area contributed by atoms with Crippen molar-refractivity contribution >= 4 is 32.8 Å². The van der Waals surface area contributed by atoms with Crippen LogP contribution < -0.4 is 0 Å². The van der Waals surface area contributed by atoms with Gasteiger partial charge in [-0.25, -0.2) is 4.39 Å². The Morgan fingerprint density at radius 3 is 2.59 bits per heavy atom. The zero-order valence-electron chi connectivity index (χ0n) is 12.1. The molecule has 0 saturated carbocycles. The molecule has 0 radical (unpaired) electrons. The van der Waals surface area contributed by atoms with Gasteiger partial charge in [0.2, 0.25) is 0 Å². The van der Waals surface area contributed by atoms with Crippen LogP contribution in [0.3, 0.4) is 0 Å². The topological polar surface area (TPSA) is 3.24 Å². The van der Waals surface area contributed by atoms with Crippen molar-refractivity contribution in [1.82, 2.24) is 4.31 Å². The van der Waals surface area contributed by atoms with Crippen molar-refractivity contribution in [3.8, 4) is 0 Å². The molecule has 0 bridgehead atoms. The smallest absolute Gasteiger partial charge is 0.129 e. The van der Waals surface area contributed by atoms with Crippen molar-refractivity contribution < 1.29 is 4.39 Å². The maximum atomic E-state index is 14.1. The third-order valence-electron chi connectivity index (χ3n) is 3.47. The molecule has 4 heteroatoms. The van der Waals surface area contributed by atoms with E-state index in [1.54, 1.807) is 11.9 Å². The number of allylic oxidation sites excluding steroid dienone is 3. The molecule has 112 valence electrons. The van der Waals surface area contributed by atoms with Crippen molar-refractivity contribution in [2.24, 2.45) is 0 Å². The molecule has 0 N–H and O–H groups in total. The lowest BCUT2D eigenvalue weighted by molar-refractivity contribution is 0.533. The molecule has 0 aromatic heterocycles. The zero-order chi connectivity index (χ0) is 15.5. The summed E-state index contributed by atoms with van der Waals surface area (Å²) in [5, 5.41) is 0. The van der Waals surface area contributed by atoms with Gasteiger partial charge in [-0.3, -0.25) is 0 Å². The first-order valence-corrected chi connectivity index (χ1v) is 8.53. The lowest BCUT2D eigenvalue weighted by Gasteiger charge is -2.28. The van der Waals surface area contributed by atoms with Crippen molar-refractivity contribution in [3.05, 3.63) is 87.8 Å². The molecule has 0 atom stereocenters. The summed E-state index contributed by atoms with van der Waals surface area (Å²) in [5.74, 6) is -0.182.